The minimum absolute atomic E-state index is 0.0560. The maximum Gasteiger partial charge on any atom is 0.407 e. The van der Waals surface area contributed by atoms with Gasteiger partial charge in [-0.2, -0.15) is 11.8 Å². The van der Waals surface area contributed by atoms with Crippen molar-refractivity contribution in [1.29, 1.82) is 0 Å². The van der Waals surface area contributed by atoms with Crippen LogP contribution in [0.5, 0.6) is 0 Å². The van der Waals surface area contributed by atoms with Crippen LogP contribution in [0.2, 0.25) is 25.7 Å². The van der Waals surface area contributed by atoms with E-state index in [1.54, 1.807) is 11.1 Å². The topological polar surface area (TPSA) is 198 Å². The number of nitrogens with one attached hydrogen (secondary N) is 2. The Morgan fingerprint density at radius 2 is 1.37 bits per heavy atom. The van der Waals surface area contributed by atoms with Crippen molar-refractivity contribution >= 4 is 55.5 Å². The summed E-state index contributed by atoms with van der Waals surface area (Å²) in [6, 6.07) is 15.1. The van der Waals surface area contributed by atoms with Crippen LogP contribution in [0.25, 0.3) is 11.1 Å². The lowest BCUT2D eigenvalue weighted by atomic mass is 9.83. The molecule has 1 aliphatic heterocycles. The number of aromatic nitrogens is 1. The van der Waals surface area contributed by atoms with Crippen LogP contribution < -0.4 is 10.6 Å². The van der Waals surface area contributed by atoms with E-state index < -0.39 is 55.0 Å². The van der Waals surface area contributed by atoms with E-state index in [-0.39, 0.29) is 68.9 Å². The summed E-state index contributed by atoms with van der Waals surface area (Å²) in [7, 11) is -1.55. The van der Waals surface area contributed by atoms with Gasteiger partial charge >= 0.3 is 6.09 Å². The van der Waals surface area contributed by atoms with Crippen molar-refractivity contribution < 1.29 is 61.6 Å². The van der Waals surface area contributed by atoms with Crippen LogP contribution in [0.1, 0.15) is 50.9 Å². The summed E-state index contributed by atoms with van der Waals surface area (Å²) in [5.74, 6) is -2.61. The minimum Gasteiger partial charge on any atom is -0.465 e. The zero-order chi connectivity index (χ0) is 53.4. The molecular weight excluding hydrogens is 983 g/mol. The molecule has 3 aromatic rings. The Hall–Kier alpha value is -5.45. The van der Waals surface area contributed by atoms with E-state index in [0.717, 1.165) is 46.5 Å². The molecule has 0 fully saturated rings. The number of ether oxygens (including phenoxy) is 4. The Bertz CT molecular complexity index is 2270. The van der Waals surface area contributed by atoms with E-state index in [4.69, 9.17) is 18.9 Å². The van der Waals surface area contributed by atoms with Crippen LogP contribution in [0, 0.1) is 17.0 Å². The van der Waals surface area contributed by atoms with Crippen LogP contribution in [-0.2, 0) is 49.5 Å². The van der Waals surface area contributed by atoms with Gasteiger partial charge in [-0.25, -0.2) is 13.6 Å². The molecule has 3 N–H and O–H groups in total. The van der Waals surface area contributed by atoms with Gasteiger partial charge in [-0.3, -0.25) is 28.9 Å². The first-order valence-corrected chi connectivity index (χ1v) is 29.5. The summed E-state index contributed by atoms with van der Waals surface area (Å²) in [5, 5.41) is 15.5. The molecule has 2 aromatic carbocycles. The molecule has 1 atom stereocenters. The maximum absolute atomic E-state index is 15.3. The summed E-state index contributed by atoms with van der Waals surface area (Å²) in [6.07, 6.45) is 3.56. The first kappa shape index (κ1) is 60.1. The standard InChI is InChI=1S/C52H74F2N6O11SSi/c1-52(2,3)50(44-33-40(42-34-41(53)13-14-43(42)54)36-58(44)35-39-11-8-7-9-12-39)59(21-10-20-57(51(66)67)22-32-73(4,5)6)49(65)38-72-31-17-45(61)55-18-23-68-25-27-70-29-30-71-28-26-69-24-19-56-46(62)37-60-47(63)15-16-48(60)64/h7-9,11-16,33-34,36,50H,10,17-32,35,37-38H2,1-6H3,(H,55,61)(H,56,62)(H,66,67)/t50-/m0/s1. The molecule has 0 unspecified atom stereocenters. The number of carbonyl (C=O) groups excluding carboxylic acids is 5. The second-order valence-corrected chi connectivity index (χ2v) is 26.5. The number of carbonyl (C=O) groups is 6. The van der Waals surface area contributed by atoms with E-state index in [1.165, 1.54) is 22.7 Å². The molecule has 0 aliphatic carbocycles. The molecule has 0 saturated heterocycles. The number of rotatable bonds is 34. The Labute approximate surface area is 433 Å². The quantitative estimate of drug-likeness (QED) is 0.0336. The third-order valence-corrected chi connectivity index (χ3v) is 14.1. The number of thioether (sulfide) groups is 1. The van der Waals surface area contributed by atoms with E-state index in [1.807, 2.05) is 61.7 Å². The summed E-state index contributed by atoms with van der Waals surface area (Å²) in [4.78, 5) is 78.7. The number of carboxylic acid groups (broad SMARTS) is 1. The zero-order valence-corrected chi connectivity index (χ0v) is 44.9. The number of halogens is 2. The third-order valence-electron chi connectivity index (χ3n) is 11.5. The van der Waals surface area contributed by atoms with Crippen molar-refractivity contribution in [3.63, 3.8) is 0 Å². The Kier molecular flexibility index (Phi) is 25.3. The summed E-state index contributed by atoms with van der Waals surface area (Å²) in [6.45, 7) is 16.6. The predicted molar refractivity (Wildman–Crippen MR) is 279 cm³/mol. The lowest BCUT2D eigenvalue weighted by Gasteiger charge is -2.41. The highest BCUT2D eigenvalue weighted by atomic mass is 32.2. The Morgan fingerprint density at radius 3 is 1.95 bits per heavy atom. The van der Waals surface area contributed by atoms with Gasteiger partial charge in [0, 0.05) is 94.7 Å². The number of nitrogens with zero attached hydrogens (tertiary/aromatic N) is 4. The Balaban J connectivity index is 1.23. The van der Waals surface area contributed by atoms with E-state index in [0.29, 0.717) is 77.0 Å². The zero-order valence-electron chi connectivity index (χ0n) is 43.1. The molecule has 21 heteroatoms. The van der Waals surface area contributed by atoms with E-state index >= 15 is 4.39 Å². The third kappa shape index (κ3) is 21.9. The van der Waals surface area contributed by atoms with Crippen molar-refractivity contribution in [1.82, 2.24) is 29.9 Å². The van der Waals surface area contributed by atoms with Crippen LogP contribution in [0.3, 0.4) is 0 Å². The van der Waals surface area contributed by atoms with Crippen molar-refractivity contribution in [3.8, 4) is 11.1 Å². The fourth-order valence-electron chi connectivity index (χ4n) is 7.78. The number of hydrogen-bond donors (Lipinski definition) is 3. The van der Waals surface area contributed by atoms with Crippen LogP contribution >= 0.6 is 11.8 Å². The second kappa shape index (κ2) is 30.7. The van der Waals surface area contributed by atoms with Gasteiger partial charge in [0.2, 0.25) is 17.7 Å². The average molecular weight is 1060 g/mol. The Morgan fingerprint density at radius 1 is 0.781 bits per heavy atom. The molecule has 2 heterocycles. The predicted octanol–water partition coefficient (Wildman–Crippen LogP) is 6.45. The SMILES string of the molecule is CC(C)(C)[C@H](c1cc(-c2cc(F)ccc2F)cn1Cc1ccccc1)N(CCCN(CC[Si](C)(C)C)C(=O)O)C(=O)CSCCC(=O)NCCOCCOCCOCCOCCNC(=O)CN1C(=O)C=CC1=O. The largest absolute Gasteiger partial charge is 0.465 e. The number of benzene rings is 2. The van der Waals surface area contributed by atoms with Crippen molar-refractivity contribution in [2.75, 3.05) is 104 Å². The fourth-order valence-corrected chi connectivity index (χ4v) is 9.54. The maximum atomic E-state index is 15.3. The molecule has 73 heavy (non-hydrogen) atoms. The molecule has 4 rings (SSSR count). The monoisotopic (exact) mass is 1060 g/mol. The van der Waals surface area contributed by atoms with Crippen molar-refractivity contribution in [2.24, 2.45) is 5.41 Å². The summed E-state index contributed by atoms with van der Waals surface area (Å²) < 4.78 is 53.8. The van der Waals surface area contributed by atoms with Crippen LogP contribution in [-0.4, -0.2) is 172 Å². The van der Waals surface area contributed by atoms with E-state index in [9.17, 15) is 38.3 Å². The lowest BCUT2D eigenvalue weighted by molar-refractivity contribution is -0.141. The van der Waals surface area contributed by atoms with Gasteiger partial charge in [-0.15, -0.1) is 0 Å². The lowest BCUT2D eigenvalue weighted by Crippen LogP contribution is -2.44. The normalized spacial score (nSPS) is 13.1. The van der Waals surface area contributed by atoms with Gasteiger partial charge in [-0.05, 0) is 47.7 Å². The highest BCUT2D eigenvalue weighted by molar-refractivity contribution is 7.99. The molecule has 402 valence electrons. The van der Waals surface area contributed by atoms with E-state index in [2.05, 4.69) is 30.3 Å². The smallest absolute Gasteiger partial charge is 0.407 e. The molecule has 6 amide bonds. The van der Waals surface area contributed by atoms with Gasteiger partial charge < -0.3 is 49.1 Å². The van der Waals surface area contributed by atoms with Gasteiger partial charge in [0.1, 0.15) is 18.2 Å². The number of imide groups is 1. The van der Waals surface area contributed by atoms with Crippen LogP contribution in [0.4, 0.5) is 13.6 Å². The van der Waals surface area contributed by atoms with Gasteiger partial charge in [0.05, 0.1) is 64.6 Å². The molecule has 0 radical (unpaired) electrons. The van der Waals surface area contributed by atoms with Crippen molar-refractivity contribution in [3.05, 3.63) is 95.8 Å². The highest BCUT2D eigenvalue weighted by Crippen LogP contribution is 2.41. The first-order chi connectivity index (χ1) is 34.7. The molecule has 1 aromatic heterocycles. The highest BCUT2D eigenvalue weighted by Gasteiger charge is 2.37. The fraction of sp³-hybridized carbons (Fsp3) is 0.538. The molecule has 17 nitrogen and oxygen atoms in total. The average Bonchev–Trinajstić information content (AvgIpc) is 3.88. The molecular formula is C52H74F2N6O11SSi. The first-order valence-electron chi connectivity index (χ1n) is 24.7. The van der Waals surface area contributed by atoms with Crippen LogP contribution in [0.15, 0.2) is 72.9 Å². The molecule has 0 spiro atoms. The van der Waals surface area contributed by atoms with Crippen molar-refractivity contribution in [2.45, 2.75) is 71.9 Å². The molecule has 0 saturated carbocycles. The number of amides is 6. The minimum atomic E-state index is -1.55. The van der Waals surface area contributed by atoms with Gasteiger partial charge in [-0.1, -0.05) is 70.7 Å². The molecule has 1 aliphatic rings. The van der Waals surface area contributed by atoms with Gasteiger partial charge in [0.15, 0.2) is 0 Å². The molecule has 0 bridgehead atoms. The number of hydrogen-bond acceptors (Lipinski definition) is 11. The summed E-state index contributed by atoms with van der Waals surface area (Å²) in [5.41, 5.74) is 1.67. The summed E-state index contributed by atoms with van der Waals surface area (Å²) >= 11 is 1.33. The van der Waals surface area contributed by atoms with Gasteiger partial charge in [0.25, 0.3) is 11.8 Å². The second-order valence-electron chi connectivity index (χ2n) is 19.7.